The fourth-order valence-corrected chi connectivity index (χ4v) is 1.85. The van der Waals surface area contributed by atoms with Crippen LogP contribution in [-0.2, 0) is 9.53 Å². The van der Waals surface area contributed by atoms with E-state index in [0.29, 0.717) is 6.54 Å². The first-order chi connectivity index (χ1) is 7.65. The number of ether oxygens (including phenoxy) is 1. The third-order valence-electron chi connectivity index (χ3n) is 2.44. The Morgan fingerprint density at radius 2 is 2.06 bits per heavy atom. The molecule has 3 nitrogen and oxygen atoms in total. The summed E-state index contributed by atoms with van der Waals surface area (Å²) in [4.78, 5) is 12.9. The first-order valence-electron chi connectivity index (χ1n) is 5.00. The molecule has 0 amide bonds. The number of likely N-dealkylation sites (N-methyl/N-ethyl adjacent to an activating group) is 1. The van der Waals surface area contributed by atoms with Gasteiger partial charge in [0.25, 0.3) is 0 Å². The van der Waals surface area contributed by atoms with E-state index in [0.717, 1.165) is 10.2 Å². The summed E-state index contributed by atoms with van der Waals surface area (Å²) < 4.78 is 6.13. The highest BCUT2D eigenvalue weighted by atomic mass is 79.9. The summed E-state index contributed by atoms with van der Waals surface area (Å²) >= 11 is 3.39. The molecule has 16 heavy (non-hydrogen) atoms. The molecule has 1 atom stereocenters. The van der Waals surface area contributed by atoms with Gasteiger partial charge in [-0.05, 0) is 30.3 Å². The number of esters is 1. The minimum absolute atomic E-state index is 0.138. The minimum Gasteiger partial charge on any atom is -0.453 e. The van der Waals surface area contributed by atoms with Gasteiger partial charge in [0.1, 0.15) is 6.10 Å². The van der Waals surface area contributed by atoms with Crippen molar-refractivity contribution in [3.63, 3.8) is 0 Å². The lowest BCUT2D eigenvalue weighted by molar-refractivity contribution is -0.138. The van der Waals surface area contributed by atoms with Gasteiger partial charge in [-0.1, -0.05) is 15.9 Å². The zero-order valence-corrected chi connectivity index (χ0v) is 10.5. The molecule has 1 heterocycles. The van der Waals surface area contributed by atoms with Crippen LogP contribution in [0, 0.1) is 0 Å². The van der Waals surface area contributed by atoms with Gasteiger partial charge in [0.05, 0.1) is 6.54 Å². The van der Waals surface area contributed by atoms with Crippen LogP contribution in [0.4, 0.5) is 5.69 Å². The van der Waals surface area contributed by atoms with Gasteiger partial charge < -0.3 is 9.64 Å². The topological polar surface area (TPSA) is 29.5 Å². The molecule has 1 aliphatic heterocycles. The van der Waals surface area contributed by atoms with E-state index in [2.05, 4.69) is 20.8 Å². The second-order valence-electron chi connectivity index (χ2n) is 3.69. The van der Waals surface area contributed by atoms with Gasteiger partial charge in [-0.2, -0.15) is 0 Å². The molecule has 0 aromatic heterocycles. The molecule has 2 rings (SSSR count). The van der Waals surface area contributed by atoms with Gasteiger partial charge in [0.2, 0.25) is 0 Å². The summed E-state index contributed by atoms with van der Waals surface area (Å²) in [5.74, 6) is -0.255. The van der Waals surface area contributed by atoms with Crippen LogP contribution < -0.4 is 4.90 Å². The Bertz CT molecular complexity index is 414. The number of halogens is 1. The molecular weight excluding hydrogens is 270 g/mol. The highest BCUT2D eigenvalue weighted by Crippen LogP contribution is 2.18. The minimum atomic E-state index is -0.255. The lowest BCUT2D eigenvalue weighted by atomic mass is 10.2. The van der Waals surface area contributed by atoms with Gasteiger partial charge in [0, 0.05) is 23.3 Å². The molecule has 0 radical (unpaired) electrons. The highest BCUT2D eigenvalue weighted by molar-refractivity contribution is 9.10. The van der Waals surface area contributed by atoms with Crippen molar-refractivity contribution in [1.82, 2.24) is 0 Å². The van der Waals surface area contributed by atoms with E-state index in [1.54, 1.807) is 6.08 Å². The molecule has 84 valence electrons. The van der Waals surface area contributed by atoms with Crippen molar-refractivity contribution in [2.75, 3.05) is 18.5 Å². The van der Waals surface area contributed by atoms with Crippen molar-refractivity contribution in [3.8, 4) is 0 Å². The normalized spacial score (nSPS) is 18.6. The Hall–Kier alpha value is -1.29. The van der Waals surface area contributed by atoms with E-state index in [9.17, 15) is 4.79 Å². The molecule has 1 aromatic rings. The zero-order chi connectivity index (χ0) is 11.5. The number of carbonyl (C=O) groups is 1. The molecular formula is C12H12BrNO2. The summed E-state index contributed by atoms with van der Waals surface area (Å²) in [6, 6.07) is 8.01. The van der Waals surface area contributed by atoms with Gasteiger partial charge >= 0.3 is 5.97 Å². The summed E-state index contributed by atoms with van der Waals surface area (Å²) in [5, 5.41) is 0. The number of rotatable bonds is 3. The lowest BCUT2D eigenvalue weighted by Gasteiger charge is -2.21. The van der Waals surface area contributed by atoms with Crippen LogP contribution in [0.1, 0.15) is 0 Å². The number of nitrogens with zero attached hydrogens (tertiary/aromatic N) is 1. The van der Waals surface area contributed by atoms with E-state index >= 15 is 0 Å². The number of hydrogen-bond acceptors (Lipinski definition) is 3. The quantitative estimate of drug-likeness (QED) is 0.797. The molecule has 4 heteroatoms. The van der Waals surface area contributed by atoms with Gasteiger partial charge in [-0.15, -0.1) is 0 Å². The van der Waals surface area contributed by atoms with Gasteiger partial charge in [0.15, 0.2) is 0 Å². The zero-order valence-electron chi connectivity index (χ0n) is 8.89. The third kappa shape index (κ3) is 2.64. The summed E-state index contributed by atoms with van der Waals surface area (Å²) in [6.07, 6.45) is 3.12. The molecule has 0 N–H and O–H groups in total. The van der Waals surface area contributed by atoms with E-state index < -0.39 is 0 Å². The third-order valence-corrected chi connectivity index (χ3v) is 2.96. The molecule has 1 aliphatic rings. The van der Waals surface area contributed by atoms with Crippen molar-refractivity contribution in [1.29, 1.82) is 0 Å². The molecule has 0 saturated heterocycles. The van der Waals surface area contributed by atoms with E-state index in [4.69, 9.17) is 4.74 Å². The molecule has 0 bridgehead atoms. The van der Waals surface area contributed by atoms with E-state index in [1.165, 1.54) is 6.08 Å². The Morgan fingerprint density at radius 3 is 2.62 bits per heavy atom. The summed E-state index contributed by atoms with van der Waals surface area (Å²) in [6.45, 7) is 0.671. The average molecular weight is 282 g/mol. The maximum Gasteiger partial charge on any atom is 0.331 e. The summed E-state index contributed by atoms with van der Waals surface area (Å²) in [5.41, 5.74) is 1.10. The van der Waals surface area contributed by atoms with Crippen LogP contribution in [-0.4, -0.2) is 25.7 Å². The van der Waals surface area contributed by atoms with Crippen LogP contribution >= 0.6 is 15.9 Å². The summed E-state index contributed by atoms with van der Waals surface area (Å²) in [7, 11) is 1.98. The Labute approximate surface area is 103 Å². The largest absolute Gasteiger partial charge is 0.453 e. The van der Waals surface area contributed by atoms with E-state index in [1.807, 2.05) is 31.3 Å². The van der Waals surface area contributed by atoms with Crippen molar-refractivity contribution in [2.24, 2.45) is 0 Å². The Kier molecular flexibility index (Phi) is 3.29. The van der Waals surface area contributed by atoms with Crippen LogP contribution in [0.3, 0.4) is 0 Å². The molecule has 0 spiro atoms. The number of hydrogen-bond donors (Lipinski definition) is 0. The monoisotopic (exact) mass is 281 g/mol. The lowest BCUT2D eigenvalue weighted by Crippen LogP contribution is -2.28. The second kappa shape index (κ2) is 4.70. The van der Waals surface area contributed by atoms with Crippen molar-refractivity contribution in [3.05, 3.63) is 40.9 Å². The Morgan fingerprint density at radius 1 is 1.38 bits per heavy atom. The molecule has 0 fully saturated rings. The first kappa shape index (κ1) is 11.2. The predicted molar refractivity (Wildman–Crippen MR) is 66.4 cm³/mol. The maximum absolute atomic E-state index is 10.9. The standard InChI is InChI=1S/C12H12BrNO2/c1-14(8-11-6-7-12(15)16-11)10-4-2-9(13)3-5-10/h2-7,11H,8H2,1H3. The number of cyclic esters (lactones) is 1. The van der Waals surface area contributed by atoms with Crippen molar-refractivity contribution >= 4 is 27.6 Å². The first-order valence-corrected chi connectivity index (χ1v) is 5.80. The van der Waals surface area contributed by atoms with Crippen LogP contribution in [0.5, 0.6) is 0 Å². The second-order valence-corrected chi connectivity index (χ2v) is 4.61. The average Bonchev–Trinajstić information content (AvgIpc) is 2.65. The fraction of sp³-hybridized carbons (Fsp3) is 0.250. The predicted octanol–water partition coefficient (Wildman–Crippen LogP) is 2.37. The molecule has 0 aliphatic carbocycles. The van der Waals surface area contributed by atoms with Gasteiger partial charge in [-0.25, -0.2) is 4.79 Å². The smallest absolute Gasteiger partial charge is 0.331 e. The Balaban J connectivity index is 1.98. The van der Waals surface area contributed by atoms with Gasteiger partial charge in [-0.3, -0.25) is 0 Å². The van der Waals surface area contributed by atoms with E-state index in [-0.39, 0.29) is 12.1 Å². The number of anilines is 1. The maximum atomic E-state index is 10.9. The number of carbonyl (C=O) groups excluding carboxylic acids is 1. The van der Waals surface area contributed by atoms with Crippen LogP contribution in [0.2, 0.25) is 0 Å². The van der Waals surface area contributed by atoms with Crippen molar-refractivity contribution < 1.29 is 9.53 Å². The SMILES string of the molecule is CN(CC1C=CC(=O)O1)c1ccc(Br)cc1. The van der Waals surface area contributed by atoms with Crippen LogP contribution in [0.15, 0.2) is 40.9 Å². The molecule has 0 saturated carbocycles. The molecule has 1 unspecified atom stereocenters. The van der Waals surface area contributed by atoms with Crippen molar-refractivity contribution in [2.45, 2.75) is 6.10 Å². The highest BCUT2D eigenvalue weighted by Gasteiger charge is 2.18. The fourth-order valence-electron chi connectivity index (χ4n) is 1.58. The molecule has 1 aromatic carbocycles. The number of benzene rings is 1. The van der Waals surface area contributed by atoms with Crippen LogP contribution in [0.25, 0.3) is 0 Å².